The van der Waals surface area contributed by atoms with Crippen LogP contribution >= 0.6 is 0 Å². The van der Waals surface area contributed by atoms with E-state index in [1.54, 1.807) is 0 Å². The van der Waals surface area contributed by atoms with Gasteiger partial charge in [0.2, 0.25) is 0 Å². The van der Waals surface area contributed by atoms with Crippen LogP contribution in [0.3, 0.4) is 0 Å². The van der Waals surface area contributed by atoms with E-state index < -0.39 is 0 Å². The Balaban J connectivity index is 2.09. The summed E-state index contributed by atoms with van der Waals surface area (Å²) in [5.41, 5.74) is 8.15. The first kappa shape index (κ1) is 44.1. The topological polar surface area (TPSA) is 53.7 Å². The number of unbranched alkanes of at least 4 members (excludes halogenated alkanes) is 26. The van der Waals surface area contributed by atoms with Crippen molar-refractivity contribution in [2.24, 2.45) is 5.73 Å². The van der Waals surface area contributed by atoms with Gasteiger partial charge in [-0.25, -0.2) is 0 Å². The summed E-state index contributed by atoms with van der Waals surface area (Å²) in [6.45, 7) is 8.57. The Bertz CT molecular complexity index is 705. The van der Waals surface area contributed by atoms with E-state index >= 15 is 0 Å². The van der Waals surface area contributed by atoms with Gasteiger partial charge in [-0.1, -0.05) is 205 Å². The second kappa shape index (κ2) is 36.3. The molecule has 0 aliphatic carbocycles. The molecule has 2 N–H and O–H groups in total. The van der Waals surface area contributed by atoms with Gasteiger partial charge in [0.1, 0.15) is 6.10 Å². The molecule has 0 amide bonds. The SMILES string of the molecule is CCCCCCCCCCCCCCCCOCC(COCCCCCCCCCCCCCCCC)OCc1cccc(CN)c1. The zero-order valence-electron chi connectivity index (χ0n) is 31.7. The molecule has 1 rings (SSSR count). The van der Waals surface area contributed by atoms with Crippen molar-refractivity contribution in [1.29, 1.82) is 0 Å². The van der Waals surface area contributed by atoms with Gasteiger partial charge in [0.05, 0.1) is 19.8 Å². The van der Waals surface area contributed by atoms with Crippen LogP contribution in [-0.2, 0) is 27.4 Å². The third-order valence-electron chi connectivity index (χ3n) is 9.60. The van der Waals surface area contributed by atoms with Gasteiger partial charge in [0.15, 0.2) is 0 Å². The lowest BCUT2D eigenvalue weighted by atomic mass is 10.0. The molecule has 0 atom stereocenters. The molecule has 0 unspecified atom stereocenters. The molecule has 0 saturated carbocycles. The maximum atomic E-state index is 6.29. The summed E-state index contributed by atoms with van der Waals surface area (Å²) in [6.07, 6.45) is 38.6. The second-order valence-electron chi connectivity index (χ2n) is 14.3. The van der Waals surface area contributed by atoms with Crippen LogP contribution in [0.5, 0.6) is 0 Å². The molecule has 0 aromatic heterocycles. The molecule has 0 aliphatic rings. The first-order chi connectivity index (χ1) is 23.3. The van der Waals surface area contributed by atoms with Crippen LogP contribution in [0.15, 0.2) is 24.3 Å². The van der Waals surface area contributed by atoms with Crippen LogP contribution in [0, 0.1) is 0 Å². The van der Waals surface area contributed by atoms with Crippen molar-refractivity contribution in [3.63, 3.8) is 0 Å². The lowest BCUT2D eigenvalue weighted by molar-refractivity contribution is -0.0674. The van der Waals surface area contributed by atoms with E-state index in [0.29, 0.717) is 26.4 Å². The minimum Gasteiger partial charge on any atom is -0.379 e. The molecule has 0 aliphatic heterocycles. The van der Waals surface area contributed by atoms with E-state index in [1.807, 2.05) is 0 Å². The molecule has 47 heavy (non-hydrogen) atoms. The number of nitrogens with two attached hydrogens (primary N) is 1. The summed E-state index contributed by atoms with van der Waals surface area (Å²) < 4.78 is 18.5. The standard InChI is InChI=1S/C43H81NO3/c1-3-5-7-9-11-13-15-17-19-21-23-25-27-29-34-45-39-43(47-38-42-33-31-32-41(36-42)37-44)40-46-35-30-28-26-24-22-20-18-16-14-12-10-8-6-4-2/h31-33,36,43H,3-30,34-35,37-40,44H2,1-2H3. The smallest absolute Gasteiger partial charge is 0.105 e. The Morgan fingerprint density at radius 3 is 1.17 bits per heavy atom. The van der Waals surface area contributed by atoms with Crippen molar-refractivity contribution in [1.82, 2.24) is 0 Å². The van der Waals surface area contributed by atoms with Crippen molar-refractivity contribution >= 4 is 0 Å². The van der Waals surface area contributed by atoms with Crippen molar-refractivity contribution in [3.05, 3.63) is 35.4 Å². The lowest BCUT2D eigenvalue weighted by Crippen LogP contribution is -2.26. The Morgan fingerprint density at radius 2 is 0.809 bits per heavy atom. The molecule has 4 heteroatoms. The number of rotatable bonds is 38. The van der Waals surface area contributed by atoms with Gasteiger partial charge in [-0.3, -0.25) is 0 Å². The highest BCUT2D eigenvalue weighted by atomic mass is 16.6. The van der Waals surface area contributed by atoms with Crippen LogP contribution in [0.2, 0.25) is 0 Å². The monoisotopic (exact) mass is 660 g/mol. The van der Waals surface area contributed by atoms with Gasteiger partial charge in [0.25, 0.3) is 0 Å². The fourth-order valence-corrected chi connectivity index (χ4v) is 6.43. The zero-order chi connectivity index (χ0) is 33.7. The molecule has 0 bridgehead atoms. The zero-order valence-corrected chi connectivity index (χ0v) is 31.7. The maximum Gasteiger partial charge on any atom is 0.105 e. The molecular formula is C43H81NO3. The average Bonchev–Trinajstić information content (AvgIpc) is 3.09. The fourth-order valence-electron chi connectivity index (χ4n) is 6.43. The Morgan fingerprint density at radius 1 is 0.468 bits per heavy atom. The number of ether oxygens (including phenoxy) is 3. The Labute approximate surface area is 294 Å². The highest BCUT2D eigenvalue weighted by molar-refractivity contribution is 5.22. The fraction of sp³-hybridized carbons (Fsp3) is 0.860. The molecule has 4 nitrogen and oxygen atoms in total. The van der Waals surface area contributed by atoms with E-state index in [1.165, 1.54) is 167 Å². The largest absolute Gasteiger partial charge is 0.379 e. The highest BCUT2D eigenvalue weighted by Crippen LogP contribution is 2.15. The minimum atomic E-state index is -0.0326. The average molecular weight is 660 g/mol. The maximum absolute atomic E-state index is 6.29. The van der Waals surface area contributed by atoms with Gasteiger partial charge in [-0.15, -0.1) is 0 Å². The van der Waals surface area contributed by atoms with Crippen molar-refractivity contribution in [2.75, 3.05) is 26.4 Å². The van der Waals surface area contributed by atoms with Crippen LogP contribution in [0.4, 0.5) is 0 Å². The molecule has 0 heterocycles. The molecule has 0 spiro atoms. The van der Waals surface area contributed by atoms with Crippen LogP contribution in [0.25, 0.3) is 0 Å². The number of benzene rings is 1. The van der Waals surface area contributed by atoms with Gasteiger partial charge < -0.3 is 19.9 Å². The van der Waals surface area contributed by atoms with E-state index in [4.69, 9.17) is 19.9 Å². The summed E-state index contributed by atoms with van der Waals surface area (Å²) in [7, 11) is 0. The van der Waals surface area contributed by atoms with Crippen LogP contribution < -0.4 is 5.73 Å². The Hall–Kier alpha value is -0.940. The third-order valence-corrected chi connectivity index (χ3v) is 9.60. The molecule has 276 valence electrons. The van der Waals surface area contributed by atoms with E-state index in [2.05, 4.69) is 38.1 Å². The van der Waals surface area contributed by atoms with Crippen LogP contribution in [-0.4, -0.2) is 32.5 Å². The van der Waals surface area contributed by atoms with Crippen molar-refractivity contribution in [2.45, 2.75) is 213 Å². The first-order valence-corrected chi connectivity index (χ1v) is 20.8. The lowest BCUT2D eigenvalue weighted by Gasteiger charge is -2.19. The predicted octanol–water partition coefficient (Wildman–Crippen LogP) is 13.0. The first-order valence-electron chi connectivity index (χ1n) is 20.8. The molecule has 0 fully saturated rings. The summed E-state index contributed by atoms with van der Waals surface area (Å²) >= 11 is 0. The summed E-state index contributed by atoms with van der Waals surface area (Å²) in [6, 6.07) is 8.39. The summed E-state index contributed by atoms with van der Waals surface area (Å²) in [4.78, 5) is 0. The molecule has 0 saturated heterocycles. The number of hydrogen-bond donors (Lipinski definition) is 1. The predicted molar refractivity (Wildman–Crippen MR) is 205 cm³/mol. The van der Waals surface area contributed by atoms with Gasteiger partial charge in [-0.05, 0) is 24.0 Å². The van der Waals surface area contributed by atoms with Crippen molar-refractivity contribution in [3.8, 4) is 0 Å². The molecule has 1 aromatic rings. The van der Waals surface area contributed by atoms with Gasteiger partial charge in [-0.2, -0.15) is 0 Å². The quantitative estimate of drug-likeness (QED) is 0.0718. The van der Waals surface area contributed by atoms with E-state index in [-0.39, 0.29) is 6.10 Å². The normalized spacial score (nSPS) is 11.7. The molecule has 0 radical (unpaired) electrons. The van der Waals surface area contributed by atoms with Gasteiger partial charge in [0, 0.05) is 19.8 Å². The summed E-state index contributed by atoms with van der Waals surface area (Å²) in [5.74, 6) is 0. The van der Waals surface area contributed by atoms with Gasteiger partial charge >= 0.3 is 0 Å². The summed E-state index contributed by atoms with van der Waals surface area (Å²) in [5, 5.41) is 0. The molecule has 1 aromatic carbocycles. The van der Waals surface area contributed by atoms with E-state index in [0.717, 1.165) is 37.2 Å². The minimum absolute atomic E-state index is 0.0326. The number of hydrogen-bond acceptors (Lipinski definition) is 4. The van der Waals surface area contributed by atoms with Crippen LogP contribution in [0.1, 0.15) is 205 Å². The third kappa shape index (κ3) is 30.8. The molecular weight excluding hydrogens is 578 g/mol. The van der Waals surface area contributed by atoms with Crippen molar-refractivity contribution < 1.29 is 14.2 Å². The highest BCUT2D eigenvalue weighted by Gasteiger charge is 2.11. The van der Waals surface area contributed by atoms with E-state index in [9.17, 15) is 0 Å². The Kier molecular flexibility index (Phi) is 34.1. The second-order valence-corrected chi connectivity index (χ2v) is 14.3.